The highest BCUT2D eigenvalue weighted by Crippen LogP contribution is 2.17. The van der Waals surface area contributed by atoms with E-state index in [0.717, 1.165) is 43.0 Å². The van der Waals surface area contributed by atoms with E-state index in [1.165, 1.54) is 4.90 Å². The van der Waals surface area contributed by atoms with Crippen LogP contribution in [0.5, 0.6) is 0 Å². The van der Waals surface area contributed by atoms with E-state index in [4.69, 9.17) is 11.6 Å². The minimum atomic E-state index is -0.0633. The van der Waals surface area contributed by atoms with Gasteiger partial charge >= 0.3 is 0 Å². The number of anilines is 1. The number of hydrogen-bond donors (Lipinski definition) is 2. The molecule has 1 amide bonds. The molecule has 148 valence electrons. The Kier molecular flexibility index (Phi) is 6.70. The summed E-state index contributed by atoms with van der Waals surface area (Å²) in [7, 11) is 0. The van der Waals surface area contributed by atoms with Crippen molar-refractivity contribution in [1.82, 2.24) is 5.32 Å². The molecule has 2 N–H and O–H groups in total. The molecule has 0 spiro atoms. The lowest BCUT2D eigenvalue weighted by atomic mass is 10.1. The van der Waals surface area contributed by atoms with Crippen LogP contribution in [0.4, 0.5) is 5.69 Å². The third-order valence-corrected chi connectivity index (χ3v) is 5.48. The number of Topliss-reactive ketones (excluding diaryl/α,β-unsaturated/α-hetero) is 1. The first-order chi connectivity index (χ1) is 13.4. The van der Waals surface area contributed by atoms with Crippen LogP contribution < -0.4 is 15.1 Å². The van der Waals surface area contributed by atoms with Crippen LogP contribution in [0, 0.1) is 0 Å². The first-order valence-electron chi connectivity index (χ1n) is 9.66. The van der Waals surface area contributed by atoms with Gasteiger partial charge in [-0.25, -0.2) is 0 Å². The Morgan fingerprint density at radius 3 is 2.43 bits per heavy atom. The number of piperazine rings is 1. The SMILES string of the molecule is CC(=O)c1ccc(N2CC[NH+](CC(=O)N[C@@H](C)c3cccc(Cl)c3)CC2)cc1. The average Bonchev–Trinajstić information content (AvgIpc) is 2.68. The summed E-state index contributed by atoms with van der Waals surface area (Å²) in [5.74, 6) is 0.139. The maximum absolute atomic E-state index is 12.4. The number of benzene rings is 2. The van der Waals surface area contributed by atoms with Gasteiger partial charge in [0.25, 0.3) is 5.91 Å². The second-order valence-corrected chi connectivity index (χ2v) is 7.80. The molecular formula is C22H27ClN3O2+. The van der Waals surface area contributed by atoms with Crippen molar-refractivity contribution in [2.75, 3.05) is 37.6 Å². The number of carbonyl (C=O) groups excluding carboxylic acids is 2. The molecule has 1 fully saturated rings. The van der Waals surface area contributed by atoms with Crippen molar-refractivity contribution >= 4 is 29.0 Å². The van der Waals surface area contributed by atoms with Gasteiger partial charge in [-0.15, -0.1) is 0 Å². The fraction of sp³-hybridized carbons (Fsp3) is 0.364. The van der Waals surface area contributed by atoms with Gasteiger partial charge in [-0.2, -0.15) is 0 Å². The summed E-state index contributed by atoms with van der Waals surface area (Å²) in [5, 5.41) is 3.74. The number of nitrogens with one attached hydrogen (secondary N) is 2. The standard InChI is InChI=1S/C22H26ClN3O2/c1-16(19-4-3-5-20(23)14-19)24-22(28)15-25-10-12-26(13-11-25)21-8-6-18(7-9-21)17(2)27/h3-9,14,16H,10-13,15H2,1-2H3,(H,24,28)/p+1/t16-/m0/s1. The van der Waals surface area contributed by atoms with Crippen LogP contribution in [-0.4, -0.2) is 44.4 Å². The molecule has 1 atom stereocenters. The Morgan fingerprint density at radius 2 is 1.82 bits per heavy atom. The lowest BCUT2D eigenvalue weighted by Gasteiger charge is -2.33. The number of quaternary nitrogens is 1. The Balaban J connectivity index is 1.47. The second kappa shape index (κ2) is 9.22. The van der Waals surface area contributed by atoms with Gasteiger partial charge in [-0.05, 0) is 55.8 Å². The number of halogens is 1. The summed E-state index contributed by atoms with van der Waals surface area (Å²) < 4.78 is 0. The Labute approximate surface area is 171 Å². The van der Waals surface area contributed by atoms with Crippen molar-refractivity contribution in [3.05, 3.63) is 64.7 Å². The van der Waals surface area contributed by atoms with Crippen LogP contribution in [0.25, 0.3) is 0 Å². The molecule has 5 nitrogen and oxygen atoms in total. The van der Waals surface area contributed by atoms with Crippen LogP contribution in [0.15, 0.2) is 48.5 Å². The second-order valence-electron chi connectivity index (χ2n) is 7.36. The Hall–Kier alpha value is -2.37. The molecule has 1 saturated heterocycles. The molecule has 0 aromatic heterocycles. The highest BCUT2D eigenvalue weighted by atomic mass is 35.5. The lowest BCUT2D eigenvalue weighted by molar-refractivity contribution is -0.892. The minimum Gasteiger partial charge on any atom is -0.360 e. The van der Waals surface area contributed by atoms with Gasteiger partial charge in [0.1, 0.15) is 0 Å². The van der Waals surface area contributed by atoms with Crippen molar-refractivity contribution in [3.63, 3.8) is 0 Å². The highest BCUT2D eigenvalue weighted by molar-refractivity contribution is 6.30. The molecule has 1 heterocycles. The predicted octanol–water partition coefficient (Wildman–Crippen LogP) is 2.12. The third-order valence-electron chi connectivity index (χ3n) is 5.25. The Bertz CT molecular complexity index is 830. The van der Waals surface area contributed by atoms with Gasteiger partial charge < -0.3 is 15.1 Å². The molecule has 1 aliphatic heterocycles. The van der Waals surface area contributed by atoms with Crippen LogP contribution in [0.1, 0.15) is 35.8 Å². The third kappa shape index (κ3) is 5.33. The first-order valence-corrected chi connectivity index (χ1v) is 10.0. The summed E-state index contributed by atoms with van der Waals surface area (Å²) in [6.07, 6.45) is 0. The van der Waals surface area contributed by atoms with E-state index < -0.39 is 0 Å². The molecule has 0 radical (unpaired) electrons. The highest BCUT2D eigenvalue weighted by Gasteiger charge is 2.23. The maximum atomic E-state index is 12.4. The van der Waals surface area contributed by atoms with Crippen LogP contribution in [0.2, 0.25) is 5.02 Å². The van der Waals surface area contributed by atoms with Gasteiger partial charge in [0.2, 0.25) is 0 Å². The first kappa shape index (κ1) is 20.4. The van der Waals surface area contributed by atoms with Crippen LogP contribution in [0.3, 0.4) is 0 Å². The number of carbonyl (C=O) groups is 2. The summed E-state index contributed by atoms with van der Waals surface area (Å²) in [6, 6.07) is 15.3. The van der Waals surface area contributed by atoms with Gasteiger partial charge in [-0.1, -0.05) is 23.7 Å². The van der Waals surface area contributed by atoms with Crippen LogP contribution in [-0.2, 0) is 4.79 Å². The molecule has 0 saturated carbocycles. The normalized spacial score (nSPS) is 15.9. The fourth-order valence-corrected chi connectivity index (χ4v) is 3.74. The zero-order valence-corrected chi connectivity index (χ0v) is 17.1. The minimum absolute atomic E-state index is 0.0572. The molecule has 3 rings (SSSR count). The van der Waals surface area contributed by atoms with E-state index in [2.05, 4.69) is 10.2 Å². The maximum Gasteiger partial charge on any atom is 0.275 e. The summed E-state index contributed by atoms with van der Waals surface area (Å²) in [4.78, 5) is 27.4. The molecule has 0 unspecified atom stereocenters. The largest absolute Gasteiger partial charge is 0.360 e. The zero-order valence-electron chi connectivity index (χ0n) is 16.4. The summed E-state index contributed by atoms with van der Waals surface area (Å²) >= 11 is 6.03. The van der Waals surface area contributed by atoms with Gasteiger partial charge in [-0.3, -0.25) is 9.59 Å². The molecule has 6 heteroatoms. The van der Waals surface area contributed by atoms with Crippen molar-refractivity contribution in [1.29, 1.82) is 0 Å². The zero-order chi connectivity index (χ0) is 20.1. The molecular weight excluding hydrogens is 374 g/mol. The van der Waals surface area contributed by atoms with E-state index >= 15 is 0 Å². The van der Waals surface area contributed by atoms with E-state index in [0.29, 0.717) is 11.6 Å². The molecule has 2 aromatic rings. The van der Waals surface area contributed by atoms with E-state index in [1.54, 1.807) is 6.92 Å². The number of ketones is 1. The van der Waals surface area contributed by atoms with E-state index in [9.17, 15) is 9.59 Å². The van der Waals surface area contributed by atoms with Crippen molar-refractivity contribution < 1.29 is 14.5 Å². The molecule has 28 heavy (non-hydrogen) atoms. The molecule has 0 bridgehead atoms. The topological polar surface area (TPSA) is 53.9 Å². The number of rotatable bonds is 6. The van der Waals surface area contributed by atoms with Crippen LogP contribution >= 0.6 is 11.6 Å². The smallest absolute Gasteiger partial charge is 0.275 e. The number of nitrogens with zero attached hydrogens (tertiary/aromatic N) is 1. The number of amides is 1. The van der Waals surface area contributed by atoms with Crippen molar-refractivity contribution in [3.8, 4) is 0 Å². The van der Waals surface area contributed by atoms with Crippen molar-refractivity contribution in [2.45, 2.75) is 19.9 Å². The van der Waals surface area contributed by atoms with E-state index in [1.807, 2.05) is 55.5 Å². The van der Waals surface area contributed by atoms with Gasteiger partial charge in [0.05, 0.1) is 32.2 Å². The van der Waals surface area contributed by atoms with Gasteiger partial charge in [0, 0.05) is 16.3 Å². The summed E-state index contributed by atoms with van der Waals surface area (Å²) in [6.45, 7) is 7.64. The lowest BCUT2D eigenvalue weighted by Crippen LogP contribution is -3.15. The fourth-order valence-electron chi connectivity index (χ4n) is 3.54. The molecule has 1 aliphatic rings. The molecule has 0 aliphatic carbocycles. The quantitative estimate of drug-likeness (QED) is 0.730. The predicted molar refractivity (Wildman–Crippen MR) is 112 cm³/mol. The average molecular weight is 401 g/mol. The Morgan fingerprint density at radius 1 is 1.14 bits per heavy atom. The monoisotopic (exact) mass is 400 g/mol. The summed E-state index contributed by atoms with van der Waals surface area (Å²) in [5.41, 5.74) is 2.87. The molecule has 2 aromatic carbocycles. The van der Waals surface area contributed by atoms with Gasteiger partial charge in [0.15, 0.2) is 12.3 Å². The van der Waals surface area contributed by atoms with Crippen molar-refractivity contribution in [2.24, 2.45) is 0 Å². The number of hydrogen-bond acceptors (Lipinski definition) is 3. The van der Waals surface area contributed by atoms with E-state index in [-0.39, 0.29) is 17.7 Å².